The van der Waals surface area contributed by atoms with Crippen molar-refractivity contribution in [1.29, 1.82) is 0 Å². The lowest BCUT2D eigenvalue weighted by molar-refractivity contribution is -0.120. The van der Waals surface area contributed by atoms with E-state index in [1.54, 1.807) is 0 Å². The second-order valence-electron chi connectivity index (χ2n) is 6.70. The summed E-state index contributed by atoms with van der Waals surface area (Å²) in [5.41, 5.74) is 2.70. The summed E-state index contributed by atoms with van der Waals surface area (Å²) in [6.07, 6.45) is -0.0788. The standard InChI is InChI=1S/C19H25N3O4/c1-12-17(13(2)26-22-12)11-25-16-5-3-14(4-6-16)7-19(24)21-9-15-8-20-10-18(15)23/h3-6,15,18,20,23H,7-11H2,1-2H3,(H,21,24). The highest BCUT2D eigenvalue weighted by molar-refractivity contribution is 5.78. The van der Waals surface area contributed by atoms with Crippen LogP contribution in [-0.2, 0) is 17.8 Å². The van der Waals surface area contributed by atoms with E-state index in [2.05, 4.69) is 15.8 Å². The Morgan fingerprint density at radius 2 is 2.12 bits per heavy atom. The number of ether oxygens (including phenoxy) is 1. The second-order valence-corrected chi connectivity index (χ2v) is 6.70. The minimum Gasteiger partial charge on any atom is -0.489 e. The molecule has 26 heavy (non-hydrogen) atoms. The van der Waals surface area contributed by atoms with Crippen LogP contribution in [0, 0.1) is 19.8 Å². The summed E-state index contributed by atoms with van der Waals surface area (Å²) in [6, 6.07) is 7.47. The average Bonchev–Trinajstić information content (AvgIpc) is 3.18. The van der Waals surface area contributed by atoms with Crippen LogP contribution in [-0.4, -0.2) is 41.9 Å². The molecule has 1 aromatic heterocycles. The molecule has 2 heterocycles. The van der Waals surface area contributed by atoms with Gasteiger partial charge >= 0.3 is 0 Å². The topological polar surface area (TPSA) is 96.6 Å². The number of aryl methyl sites for hydroxylation is 2. The first-order valence-electron chi connectivity index (χ1n) is 8.82. The molecule has 140 valence electrons. The number of nitrogens with zero attached hydrogens (tertiary/aromatic N) is 1. The van der Waals surface area contributed by atoms with Crippen LogP contribution in [0.15, 0.2) is 28.8 Å². The average molecular weight is 359 g/mol. The van der Waals surface area contributed by atoms with E-state index in [-0.39, 0.29) is 17.9 Å². The Balaban J connectivity index is 1.45. The van der Waals surface area contributed by atoms with Crippen LogP contribution < -0.4 is 15.4 Å². The molecule has 0 aliphatic carbocycles. The molecular formula is C19H25N3O4. The maximum atomic E-state index is 12.1. The van der Waals surface area contributed by atoms with Crippen molar-refractivity contribution in [2.75, 3.05) is 19.6 Å². The molecule has 1 saturated heterocycles. The van der Waals surface area contributed by atoms with Gasteiger partial charge in [0, 0.05) is 25.6 Å². The number of carbonyl (C=O) groups excluding carboxylic acids is 1. The highest BCUT2D eigenvalue weighted by Crippen LogP contribution is 2.18. The molecule has 7 heteroatoms. The molecule has 2 aromatic rings. The van der Waals surface area contributed by atoms with Gasteiger partial charge in [-0.05, 0) is 31.5 Å². The second kappa shape index (κ2) is 8.33. The van der Waals surface area contributed by atoms with E-state index >= 15 is 0 Å². The molecule has 1 amide bonds. The van der Waals surface area contributed by atoms with Gasteiger partial charge < -0.3 is 25.0 Å². The molecular weight excluding hydrogens is 334 g/mol. The van der Waals surface area contributed by atoms with Gasteiger partial charge in [-0.25, -0.2) is 0 Å². The molecule has 0 spiro atoms. The molecule has 3 N–H and O–H groups in total. The Labute approximate surface area is 152 Å². The number of nitrogens with one attached hydrogen (secondary N) is 2. The summed E-state index contributed by atoms with van der Waals surface area (Å²) in [4.78, 5) is 12.1. The van der Waals surface area contributed by atoms with Gasteiger partial charge in [0.1, 0.15) is 18.1 Å². The van der Waals surface area contributed by atoms with Gasteiger partial charge in [0.05, 0.1) is 23.8 Å². The summed E-state index contributed by atoms with van der Waals surface area (Å²) >= 11 is 0. The lowest BCUT2D eigenvalue weighted by atomic mass is 10.1. The van der Waals surface area contributed by atoms with Crippen molar-refractivity contribution in [3.8, 4) is 5.75 Å². The predicted octanol–water partition coefficient (Wildman–Crippen LogP) is 1.11. The fraction of sp³-hybridized carbons (Fsp3) is 0.474. The SMILES string of the molecule is Cc1noc(C)c1COc1ccc(CC(=O)NCC2CNCC2O)cc1. The van der Waals surface area contributed by atoms with Crippen LogP contribution in [0.4, 0.5) is 0 Å². The summed E-state index contributed by atoms with van der Waals surface area (Å²) in [5, 5.41) is 19.6. The first-order chi connectivity index (χ1) is 12.5. The zero-order valence-electron chi connectivity index (χ0n) is 15.1. The highest BCUT2D eigenvalue weighted by atomic mass is 16.5. The fourth-order valence-corrected chi connectivity index (χ4v) is 2.99. The Hall–Kier alpha value is -2.38. The van der Waals surface area contributed by atoms with Gasteiger partial charge in [0.25, 0.3) is 0 Å². The van der Waals surface area contributed by atoms with Crippen molar-refractivity contribution < 1.29 is 19.2 Å². The third-order valence-corrected chi connectivity index (χ3v) is 4.72. The molecule has 7 nitrogen and oxygen atoms in total. The normalized spacial score (nSPS) is 19.5. The van der Waals surface area contributed by atoms with Crippen molar-refractivity contribution in [2.45, 2.75) is 33.0 Å². The number of hydrogen-bond acceptors (Lipinski definition) is 6. The van der Waals surface area contributed by atoms with Gasteiger partial charge in [-0.1, -0.05) is 17.3 Å². The van der Waals surface area contributed by atoms with E-state index in [1.165, 1.54) is 0 Å². The van der Waals surface area contributed by atoms with Crippen molar-refractivity contribution in [3.63, 3.8) is 0 Å². The zero-order valence-corrected chi connectivity index (χ0v) is 15.1. The smallest absolute Gasteiger partial charge is 0.224 e. The van der Waals surface area contributed by atoms with Crippen LogP contribution in [0.1, 0.15) is 22.6 Å². The molecule has 1 aliphatic heterocycles. The van der Waals surface area contributed by atoms with Gasteiger partial charge in [0.15, 0.2) is 0 Å². The number of aromatic nitrogens is 1. The Morgan fingerprint density at radius 3 is 2.73 bits per heavy atom. The van der Waals surface area contributed by atoms with Crippen LogP contribution in [0.3, 0.4) is 0 Å². The third kappa shape index (κ3) is 4.62. The number of hydrogen-bond donors (Lipinski definition) is 3. The summed E-state index contributed by atoms with van der Waals surface area (Å²) in [6.45, 7) is 5.97. The van der Waals surface area contributed by atoms with Gasteiger partial charge in [0.2, 0.25) is 5.91 Å². The van der Waals surface area contributed by atoms with Crippen molar-refractivity contribution in [2.24, 2.45) is 5.92 Å². The molecule has 1 aliphatic rings. The number of amides is 1. The van der Waals surface area contributed by atoms with E-state index in [0.29, 0.717) is 26.1 Å². The van der Waals surface area contributed by atoms with Gasteiger partial charge in [-0.3, -0.25) is 4.79 Å². The summed E-state index contributed by atoms with van der Waals surface area (Å²) in [7, 11) is 0. The molecule has 1 aromatic carbocycles. The molecule has 0 saturated carbocycles. The van der Waals surface area contributed by atoms with Gasteiger partial charge in [-0.15, -0.1) is 0 Å². The molecule has 0 bridgehead atoms. The number of aliphatic hydroxyl groups is 1. The lowest BCUT2D eigenvalue weighted by Crippen LogP contribution is -2.35. The number of aliphatic hydroxyl groups excluding tert-OH is 1. The van der Waals surface area contributed by atoms with E-state index in [9.17, 15) is 9.90 Å². The van der Waals surface area contributed by atoms with Crippen molar-refractivity contribution >= 4 is 5.91 Å². The lowest BCUT2D eigenvalue weighted by Gasteiger charge is -2.14. The maximum Gasteiger partial charge on any atom is 0.224 e. The molecule has 1 fully saturated rings. The predicted molar refractivity (Wildman–Crippen MR) is 95.8 cm³/mol. The quantitative estimate of drug-likeness (QED) is 0.685. The highest BCUT2D eigenvalue weighted by Gasteiger charge is 2.24. The largest absolute Gasteiger partial charge is 0.489 e. The number of rotatable bonds is 7. The van der Waals surface area contributed by atoms with E-state index in [4.69, 9.17) is 9.26 Å². The number of β-amino-alcohol motifs (C(OH)–C–C–N with tert-alkyl or cyclic N) is 1. The van der Waals surface area contributed by atoms with Crippen LogP contribution in [0.5, 0.6) is 5.75 Å². The molecule has 2 atom stereocenters. The van der Waals surface area contributed by atoms with Crippen molar-refractivity contribution in [1.82, 2.24) is 15.8 Å². The minimum atomic E-state index is -0.385. The number of carbonyl (C=O) groups is 1. The first kappa shape index (κ1) is 18.4. The van der Waals surface area contributed by atoms with E-state index < -0.39 is 0 Å². The van der Waals surface area contributed by atoms with E-state index in [0.717, 1.165) is 34.9 Å². The van der Waals surface area contributed by atoms with Crippen LogP contribution >= 0.6 is 0 Å². The maximum absolute atomic E-state index is 12.1. The monoisotopic (exact) mass is 359 g/mol. The Kier molecular flexibility index (Phi) is 5.90. The van der Waals surface area contributed by atoms with Gasteiger partial charge in [-0.2, -0.15) is 0 Å². The first-order valence-corrected chi connectivity index (χ1v) is 8.82. The summed E-state index contributed by atoms with van der Waals surface area (Å²) in [5.74, 6) is 1.53. The summed E-state index contributed by atoms with van der Waals surface area (Å²) < 4.78 is 10.9. The number of benzene rings is 1. The third-order valence-electron chi connectivity index (χ3n) is 4.72. The molecule has 3 rings (SSSR count). The molecule has 2 unspecified atom stereocenters. The van der Waals surface area contributed by atoms with Crippen molar-refractivity contribution in [3.05, 3.63) is 46.8 Å². The van der Waals surface area contributed by atoms with Crippen LogP contribution in [0.2, 0.25) is 0 Å². The van der Waals surface area contributed by atoms with Crippen LogP contribution in [0.25, 0.3) is 0 Å². The minimum absolute atomic E-state index is 0.0477. The Bertz CT molecular complexity index is 722. The molecule has 0 radical (unpaired) electrons. The fourth-order valence-electron chi connectivity index (χ4n) is 2.99. The Morgan fingerprint density at radius 1 is 1.35 bits per heavy atom. The zero-order chi connectivity index (χ0) is 18.5. The van der Waals surface area contributed by atoms with E-state index in [1.807, 2.05) is 38.1 Å².